The molecule has 0 aliphatic rings. The van der Waals surface area contributed by atoms with Crippen LogP contribution in [0.3, 0.4) is 0 Å². The monoisotopic (exact) mass is 537 g/mol. The van der Waals surface area contributed by atoms with Gasteiger partial charge in [-0.05, 0) is 47.7 Å². The number of nitrogens with zero attached hydrogens (tertiary/aromatic N) is 4. The van der Waals surface area contributed by atoms with E-state index in [1.807, 2.05) is 48.5 Å². The Balaban J connectivity index is 1.53. The van der Waals surface area contributed by atoms with Gasteiger partial charge >= 0.3 is 0 Å². The lowest BCUT2D eigenvalue weighted by Gasteiger charge is -2.21. The van der Waals surface area contributed by atoms with E-state index in [0.29, 0.717) is 47.1 Å². The molecule has 4 rings (SSSR count). The fourth-order valence-electron chi connectivity index (χ4n) is 3.73. The van der Waals surface area contributed by atoms with Crippen molar-refractivity contribution in [3.05, 3.63) is 94.5 Å². The standard InChI is InChI=1S/C27H29Cl2N7O/c1-18(2)12-23(26(37)32-15-19-6-8-21(28)9-7-19)33-25-14-24(31-16-20-4-3-5-22(29)13-20)34-27(35-25)36-11-10-30-17-36/h3-11,13-14,17-18,23H,12,15-16H2,1-2H3,(H,32,37)(H2,31,33,34,35)/t23-/m1/s1. The predicted octanol–water partition coefficient (Wildman–Crippen LogP) is 5.72. The molecule has 2 aromatic carbocycles. The van der Waals surface area contributed by atoms with E-state index in [-0.39, 0.29) is 11.8 Å². The molecule has 192 valence electrons. The second-order valence-corrected chi connectivity index (χ2v) is 9.94. The number of rotatable bonds is 11. The Hall–Kier alpha value is -3.62. The number of halogens is 2. The molecular weight excluding hydrogens is 509 g/mol. The van der Waals surface area contributed by atoms with Gasteiger partial charge in [0.2, 0.25) is 11.9 Å². The largest absolute Gasteiger partial charge is 0.366 e. The zero-order chi connectivity index (χ0) is 26.2. The zero-order valence-corrected chi connectivity index (χ0v) is 22.2. The van der Waals surface area contributed by atoms with Crippen molar-refractivity contribution < 1.29 is 4.79 Å². The van der Waals surface area contributed by atoms with Gasteiger partial charge in [0.05, 0.1) is 0 Å². The van der Waals surface area contributed by atoms with Crippen molar-refractivity contribution >= 4 is 40.7 Å². The molecule has 8 nitrogen and oxygen atoms in total. The van der Waals surface area contributed by atoms with Gasteiger partial charge in [-0.1, -0.05) is 61.3 Å². The van der Waals surface area contributed by atoms with Gasteiger partial charge in [-0.2, -0.15) is 9.97 Å². The highest BCUT2D eigenvalue weighted by Crippen LogP contribution is 2.19. The summed E-state index contributed by atoms with van der Waals surface area (Å²) in [4.78, 5) is 26.6. The van der Waals surface area contributed by atoms with Crippen molar-refractivity contribution in [3.63, 3.8) is 0 Å². The summed E-state index contributed by atoms with van der Waals surface area (Å²) >= 11 is 12.1. The van der Waals surface area contributed by atoms with Crippen LogP contribution >= 0.6 is 23.2 Å². The Morgan fingerprint density at radius 2 is 1.73 bits per heavy atom. The highest BCUT2D eigenvalue weighted by molar-refractivity contribution is 6.30. The number of hydrogen-bond donors (Lipinski definition) is 3. The molecule has 0 radical (unpaired) electrons. The van der Waals surface area contributed by atoms with Gasteiger partial charge in [0.25, 0.3) is 0 Å². The van der Waals surface area contributed by atoms with Crippen LogP contribution in [0.4, 0.5) is 11.6 Å². The summed E-state index contributed by atoms with van der Waals surface area (Å²) in [6.07, 6.45) is 5.69. The average Bonchev–Trinajstić information content (AvgIpc) is 3.42. The van der Waals surface area contributed by atoms with Gasteiger partial charge in [0.1, 0.15) is 24.0 Å². The molecular formula is C27H29Cl2N7O. The minimum absolute atomic E-state index is 0.111. The Morgan fingerprint density at radius 1 is 0.946 bits per heavy atom. The first-order valence-electron chi connectivity index (χ1n) is 12.0. The smallest absolute Gasteiger partial charge is 0.242 e. The summed E-state index contributed by atoms with van der Waals surface area (Å²) in [5.74, 6) is 1.74. The molecule has 0 spiro atoms. The van der Waals surface area contributed by atoms with E-state index in [1.54, 1.807) is 29.4 Å². The minimum atomic E-state index is -0.487. The van der Waals surface area contributed by atoms with E-state index in [4.69, 9.17) is 23.2 Å². The zero-order valence-electron chi connectivity index (χ0n) is 20.7. The van der Waals surface area contributed by atoms with Gasteiger partial charge in [0.15, 0.2) is 0 Å². The molecule has 0 unspecified atom stereocenters. The second-order valence-electron chi connectivity index (χ2n) is 9.06. The van der Waals surface area contributed by atoms with E-state index in [9.17, 15) is 4.79 Å². The first-order chi connectivity index (χ1) is 17.9. The average molecular weight is 538 g/mol. The highest BCUT2D eigenvalue weighted by Gasteiger charge is 2.21. The van der Waals surface area contributed by atoms with E-state index < -0.39 is 6.04 Å². The topological polar surface area (TPSA) is 96.8 Å². The summed E-state index contributed by atoms with van der Waals surface area (Å²) in [5, 5.41) is 11.0. The molecule has 0 fully saturated rings. The third kappa shape index (κ3) is 7.93. The van der Waals surface area contributed by atoms with E-state index in [1.165, 1.54) is 0 Å². The molecule has 3 N–H and O–H groups in total. The van der Waals surface area contributed by atoms with E-state index in [0.717, 1.165) is 11.1 Å². The van der Waals surface area contributed by atoms with Crippen molar-refractivity contribution in [2.45, 2.75) is 39.4 Å². The van der Waals surface area contributed by atoms with Crippen LogP contribution in [0.15, 0.2) is 73.3 Å². The Labute approximate surface area is 226 Å². The molecule has 4 aromatic rings. The highest BCUT2D eigenvalue weighted by atomic mass is 35.5. The van der Waals surface area contributed by atoms with Crippen molar-refractivity contribution in [1.29, 1.82) is 0 Å². The maximum absolute atomic E-state index is 13.2. The van der Waals surface area contributed by atoms with Crippen molar-refractivity contribution in [1.82, 2.24) is 24.8 Å². The summed E-state index contributed by atoms with van der Waals surface area (Å²) < 4.78 is 1.72. The molecule has 2 aromatic heterocycles. The third-order valence-corrected chi connectivity index (χ3v) is 6.03. The molecule has 0 aliphatic carbocycles. The number of benzene rings is 2. The first-order valence-corrected chi connectivity index (χ1v) is 12.8. The molecule has 37 heavy (non-hydrogen) atoms. The number of amides is 1. The van der Waals surface area contributed by atoms with E-state index >= 15 is 0 Å². The number of nitrogens with one attached hydrogen (secondary N) is 3. The molecule has 0 bridgehead atoms. The Bertz CT molecular complexity index is 1310. The number of carbonyl (C=O) groups is 1. The molecule has 1 atom stereocenters. The maximum atomic E-state index is 13.2. The number of anilines is 2. The summed E-state index contributed by atoms with van der Waals surface area (Å²) in [5.41, 5.74) is 1.99. The molecule has 2 heterocycles. The summed E-state index contributed by atoms with van der Waals surface area (Å²) in [6.45, 7) is 5.09. The SMILES string of the molecule is CC(C)C[C@@H](Nc1cc(NCc2cccc(Cl)c2)nc(-n2ccnc2)n1)C(=O)NCc1ccc(Cl)cc1. The van der Waals surface area contributed by atoms with Crippen LogP contribution in [0.5, 0.6) is 0 Å². The molecule has 10 heteroatoms. The van der Waals surface area contributed by atoms with Crippen LogP contribution in [-0.2, 0) is 17.9 Å². The molecule has 1 amide bonds. The number of hydrogen-bond acceptors (Lipinski definition) is 6. The summed E-state index contributed by atoms with van der Waals surface area (Å²) in [6, 6.07) is 16.3. The minimum Gasteiger partial charge on any atom is -0.366 e. The van der Waals surface area contributed by atoms with Crippen LogP contribution in [0.25, 0.3) is 5.95 Å². The molecule has 0 aliphatic heterocycles. The van der Waals surface area contributed by atoms with Crippen molar-refractivity contribution in [2.75, 3.05) is 10.6 Å². The lowest BCUT2D eigenvalue weighted by atomic mass is 10.0. The first kappa shape index (κ1) is 26.4. The number of aromatic nitrogens is 4. The summed E-state index contributed by atoms with van der Waals surface area (Å²) in [7, 11) is 0. The van der Waals surface area contributed by atoms with Crippen LogP contribution < -0.4 is 16.0 Å². The van der Waals surface area contributed by atoms with Crippen molar-refractivity contribution in [3.8, 4) is 5.95 Å². The van der Waals surface area contributed by atoms with Crippen LogP contribution in [-0.4, -0.2) is 31.5 Å². The van der Waals surface area contributed by atoms with Gasteiger partial charge in [0, 0.05) is 41.6 Å². The van der Waals surface area contributed by atoms with Gasteiger partial charge < -0.3 is 16.0 Å². The quantitative estimate of drug-likeness (QED) is 0.226. The van der Waals surface area contributed by atoms with Crippen molar-refractivity contribution in [2.24, 2.45) is 5.92 Å². The second kappa shape index (κ2) is 12.6. The number of imidazole rings is 1. The third-order valence-electron chi connectivity index (χ3n) is 5.54. The number of carbonyl (C=O) groups excluding carboxylic acids is 1. The van der Waals surface area contributed by atoms with Crippen LogP contribution in [0.1, 0.15) is 31.4 Å². The molecule has 0 saturated heterocycles. The lowest BCUT2D eigenvalue weighted by molar-refractivity contribution is -0.122. The molecule has 0 saturated carbocycles. The van der Waals surface area contributed by atoms with Crippen LogP contribution in [0.2, 0.25) is 10.0 Å². The van der Waals surface area contributed by atoms with E-state index in [2.05, 4.69) is 44.7 Å². The van der Waals surface area contributed by atoms with Crippen LogP contribution in [0, 0.1) is 5.92 Å². The Kier molecular flexibility index (Phi) is 8.98. The fourth-order valence-corrected chi connectivity index (χ4v) is 4.07. The van der Waals surface area contributed by atoms with Gasteiger partial charge in [-0.15, -0.1) is 0 Å². The fraction of sp³-hybridized carbons (Fsp3) is 0.259. The lowest BCUT2D eigenvalue weighted by Crippen LogP contribution is -2.40. The predicted molar refractivity (Wildman–Crippen MR) is 148 cm³/mol. The van der Waals surface area contributed by atoms with Gasteiger partial charge in [-0.3, -0.25) is 9.36 Å². The normalized spacial score (nSPS) is 11.8. The van der Waals surface area contributed by atoms with Gasteiger partial charge in [-0.25, -0.2) is 4.98 Å². The Morgan fingerprint density at radius 3 is 2.43 bits per heavy atom. The maximum Gasteiger partial charge on any atom is 0.242 e.